The first-order valence-electron chi connectivity index (χ1n) is 23.3. The van der Waals surface area contributed by atoms with Crippen LogP contribution in [0.2, 0.25) is 0 Å². The second kappa shape index (κ2) is 15.5. The van der Waals surface area contributed by atoms with Crippen molar-refractivity contribution in [1.29, 1.82) is 0 Å². The van der Waals surface area contributed by atoms with Crippen molar-refractivity contribution in [3.63, 3.8) is 0 Å². The molecule has 0 fully saturated rings. The lowest BCUT2D eigenvalue weighted by atomic mass is 9.85. The van der Waals surface area contributed by atoms with Gasteiger partial charge in [0.25, 0.3) is 0 Å². The van der Waals surface area contributed by atoms with Crippen LogP contribution >= 0.6 is 0 Å². The molecule has 2 aromatic heterocycles. The summed E-state index contributed by atoms with van der Waals surface area (Å²) in [7, 11) is 0. The summed E-state index contributed by atoms with van der Waals surface area (Å²) in [4.78, 5) is 4.14. The highest BCUT2D eigenvalue weighted by atomic mass is 19.4. The molecule has 0 amide bonds. The fourth-order valence-corrected chi connectivity index (χ4v) is 9.67. The quantitative estimate of drug-likeness (QED) is 0.156. The predicted octanol–water partition coefficient (Wildman–Crippen LogP) is 18.3. The third-order valence-electron chi connectivity index (χ3n) is 13.6. The Bertz CT molecular complexity index is 3360. The molecule has 0 saturated carbocycles. The average molecular weight is 892 g/mol. The number of benzene rings is 7. The third kappa shape index (κ3) is 8.11. The number of hydrogen-bond acceptors (Lipinski definition) is 0. The summed E-state index contributed by atoms with van der Waals surface area (Å²) in [6.45, 7) is 37.1. The molecule has 0 aliphatic heterocycles. The van der Waals surface area contributed by atoms with Crippen LogP contribution < -0.4 is 0 Å². The molecule has 0 radical (unpaired) electrons. The Balaban J connectivity index is 1.39. The van der Waals surface area contributed by atoms with Crippen molar-refractivity contribution in [1.82, 2.24) is 9.13 Å². The van der Waals surface area contributed by atoms with Gasteiger partial charge in [-0.05, 0) is 164 Å². The first-order chi connectivity index (χ1) is 31.2. The fourth-order valence-electron chi connectivity index (χ4n) is 9.67. The molecule has 0 spiro atoms. The first kappa shape index (κ1) is 45.6. The van der Waals surface area contributed by atoms with Crippen LogP contribution in [0.4, 0.5) is 18.9 Å². The minimum atomic E-state index is -4.51. The average Bonchev–Trinajstić information content (AvgIpc) is 3.75. The lowest BCUT2D eigenvalue weighted by Gasteiger charge is -2.21. The van der Waals surface area contributed by atoms with Crippen molar-refractivity contribution in [3.8, 4) is 33.6 Å². The molecule has 0 atom stereocenters. The van der Waals surface area contributed by atoms with Gasteiger partial charge in [0.15, 0.2) is 5.69 Å². The molecule has 9 rings (SSSR count). The molecule has 0 aliphatic carbocycles. The van der Waals surface area contributed by atoms with Gasteiger partial charge in [-0.3, -0.25) is 0 Å². The van der Waals surface area contributed by atoms with E-state index in [2.05, 4.69) is 176 Å². The largest absolute Gasteiger partial charge is 0.416 e. The Labute approximate surface area is 393 Å². The van der Waals surface area contributed by atoms with Crippen LogP contribution in [0.25, 0.3) is 82.1 Å². The number of nitrogens with zero attached hydrogens (tertiary/aromatic N) is 3. The van der Waals surface area contributed by atoms with Gasteiger partial charge in [-0.25, -0.2) is 4.85 Å². The van der Waals surface area contributed by atoms with Crippen LogP contribution in [0.5, 0.6) is 0 Å². The molecule has 0 saturated heterocycles. The molecule has 3 nitrogen and oxygen atoms in total. The van der Waals surface area contributed by atoms with Crippen molar-refractivity contribution >= 4 is 49.3 Å². The molecule has 0 unspecified atom stereocenters. The maximum Gasteiger partial charge on any atom is 0.416 e. The number of aryl methyl sites for hydroxylation is 1. The number of hydrogen-bond donors (Lipinski definition) is 0. The third-order valence-corrected chi connectivity index (χ3v) is 13.6. The summed E-state index contributed by atoms with van der Waals surface area (Å²) in [6.07, 6.45) is -4.51. The highest BCUT2D eigenvalue weighted by molar-refractivity contribution is 6.12. The van der Waals surface area contributed by atoms with Crippen LogP contribution in [-0.4, -0.2) is 9.13 Å². The van der Waals surface area contributed by atoms with Crippen LogP contribution in [0, 0.1) is 13.5 Å². The zero-order valence-corrected chi connectivity index (χ0v) is 41.1. The zero-order valence-electron chi connectivity index (χ0n) is 41.1. The highest BCUT2D eigenvalue weighted by Gasteiger charge is 2.31. The van der Waals surface area contributed by atoms with E-state index < -0.39 is 11.7 Å². The molecular formula is C61H60F3N3. The smallest absolute Gasteiger partial charge is 0.309 e. The number of fused-ring (bicyclic) bond motifs is 6. The standard InChI is InChI=1S/C61H60F3N3/c1-36-27-38(29-43(28-36)61(62,63)64)37-15-22-54(67-55-25-18-41(59(8,9)10)33-49(55)50-34-42(60(11,12)13)19-26-56(50)67)46(30-37)45-35-44(20-21-51(45)65-14)66-52-23-16-39(57(2,3)4)31-47(52)48-32-40(58(5,6)7)17-24-53(48)66/h15-35H,1-13H3. The van der Waals surface area contributed by atoms with Gasteiger partial charge in [0.1, 0.15) is 0 Å². The van der Waals surface area contributed by atoms with Crippen molar-refractivity contribution in [2.45, 2.75) is 118 Å². The highest BCUT2D eigenvalue weighted by Crippen LogP contribution is 2.46. The molecule has 67 heavy (non-hydrogen) atoms. The van der Waals surface area contributed by atoms with Gasteiger partial charge in [-0.2, -0.15) is 13.2 Å². The Hall–Kier alpha value is -6.58. The summed E-state index contributed by atoms with van der Waals surface area (Å²) < 4.78 is 47.7. The Morgan fingerprint density at radius 2 is 0.836 bits per heavy atom. The van der Waals surface area contributed by atoms with Crippen LogP contribution in [-0.2, 0) is 27.8 Å². The minimum absolute atomic E-state index is 0.0658. The number of alkyl halides is 3. The van der Waals surface area contributed by atoms with E-state index in [1.165, 1.54) is 34.4 Å². The van der Waals surface area contributed by atoms with Crippen LogP contribution in [0.1, 0.15) is 116 Å². The van der Waals surface area contributed by atoms with Gasteiger partial charge < -0.3 is 9.13 Å². The van der Waals surface area contributed by atoms with E-state index in [9.17, 15) is 13.2 Å². The van der Waals surface area contributed by atoms with E-state index >= 15 is 0 Å². The zero-order chi connectivity index (χ0) is 48.3. The van der Waals surface area contributed by atoms with Gasteiger partial charge in [0, 0.05) is 27.2 Å². The Morgan fingerprint density at radius 3 is 1.24 bits per heavy atom. The van der Waals surface area contributed by atoms with Gasteiger partial charge >= 0.3 is 6.18 Å². The van der Waals surface area contributed by atoms with Crippen molar-refractivity contribution < 1.29 is 13.2 Å². The summed E-state index contributed by atoms with van der Waals surface area (Å²) in [5.74, 6) is 0. The summed E-state index contributed by atoms with van der Waals surface area (Å²) in [5.41, 5.74) is 13.2. The second-order valence-electron chi connectivity index (χ2n) is 22.7. The Kier molecular flexibility index (Phi) is 10.5. The maximum absolute atomic E-state index is 14.4. The predicted molar refractivity (Wildman–Crippen MR) is 277 cm³/mol. The minimum Gasteiger partial charge on any atom is -0.309 e. The molecule has 6 heteroatoms. The first-order valence-corrected chi connectivity index (χ1v) is 23.3. The van der Waals surface area contributed by atoms with Crippen molar-refractivity contribution in [2.24, 2.45) is 0 Å². The van der Waals surface area contributed by atoms with E-state index in [0.29, 0.717) is 27.9 Å². The van der Waals surface area contributed by atoms with Gasteiger partial charge in [-0.1, -0.05) is 126 Å². The van der Waals surface area contributed by atoms with Crippen molar-refractivity contribution in [2.75, 3.05) is 0 Å². The molecule has 0 N–H and O–H groups in total. The van der Waals surface area contributed by atoms with E-state index in [0.717, 1.165) is 60.5 Å². The van der Waals surface area contributed by atoms with Gasteiger partial charge in [-0.15, -0.1) is 0 Å². The molecule has 9 aromatic rings. The lowest BCUT2D eigenvalue weighted by Crippen LogP contribution is -2.10. The summed E-state index contributed by atoms with van der Waals surface area (Å²) in [6, 6.07) is 43.1. The SMILES string of the molecule is [C-]#[N+]c1ccc(-n2c3ccc(C(C)(C)C)cc3c3cc(C(C)(C)C)ccc32)cc1-c1cc(-c2cc(C)cc(C(F)(F)F)c2)ccc1-n1c2ccc(C(C)(C)C)cc2c2cc(C(C)(C)C)ccc21. The second-order valence-corrected chi connectivity index (χ2v) is 22.7. The van der Waals surface area contributed by atoms with Gasteiger partial charge in [0.05, 0.1) is 39.9 Å². The number of rotatable bonds is 4. The van der Waals surface area contributed by atoms with E-state index in [1.807, 2.05) is 30.3 Å². The van der Waals surface area contributed by atoms with Crippen LogP contribution in [0.3, 0.4) is 0 Å². The molecule has 0 aliphatic rings. The normalized spacial score (nSPS) is 13.1. The topological polar surface area (TPSA) is 14.2 Å². The molecule has 340 valence electrons. The fraction of sp³-hybridized carbons (Fsp3) is 0.295. The van der Waals surface area contributed by atoms with Crippen molar-refractivity contribution in [3.05, 3.63) is 172 Å². The van der Waals surface area contributed by atoms with Gasteiger partial charge in [0.2, 0.25) is 0 Å². The Morgan fingerprint density at radius 1 is 0.403 bits per heavy atom. The molecular weight excluding hydrogens is 832 g/mol. The van der Waals surface area contributed by atoms with E-state index in [1.54, 1.807) is 13.0 Å². The summed E-state index contributed by atoms with van der Waals surface area (Å²) >= 11 is 0. The summed E-state index contributed by atoms with van der Waals surface area (Å²) in [5, 5.41) is 4.54. The molecule has 7 aromatic carbocycles. The number of halogens is 3. The molecule has 2 heterocycles. The number of aromatic nitrogens is 2. The molecule has 0 bridgehead atoms. The van der Waals surface area contributed by atoms with E-state index in [-0.39, 0.29) is 21.7 Å². The maximum atomic E-state index is 14.4. The lowest BCUT2D eigenvalue weighted by molar-refractivity contribution is -0.137. The van der Waals surface area contributed by atoms with E-state index in [4.69, 9.17) is 6.57 Å². The van der Waals surface area contributed by atoms with Crippen LogP contribution in [0.15, 0.2) is 127 Å². The monoisotopic (exact) mass is 891 g/mol.